The van der Waals surface area contributed by atoms with E-state index >= 15 is 0 Å². The third-order valence-electron chi connectivity index (χ3n) is 5.68. The summed E-state index contributed by atoms with van der Waals surface area (Å²) in [5.41, 5.74) is 1.15. The SMILES string of the molecule is COc1cccc2sc(N3CC(OC(=O)c4ccc(S(=O)(=O)N5CCOCC5)cc4)C3)nc12. The van der Waals surface area contributed by atoms with Gasteiger partial charge < -0.3 is 19.1 Å². The molecular weight excluding hydrogens is 466 g/mol. The molecule has 0 radical (unpaired) electrons. The number of hydrogen-bond donors (Lipinski definition) is 0. The van der Waals surface area contributed by atoms with Crippen LogP contribution in [0.25, 0.3) is 10.2 Å². The van der Waals surface area contributed by atoms with Gasteiger partial charge in [-0.25, -0.2) is 18.2 Å². The van der Waals surface area contributed by atoms with E-state index in [0.29, 0.717) is 45.0 Å². The van der Waals surface area contributed by atoms with Gasteiger partial charge in [-0.3, -0.25) is 0 Å². The van der Waals surface area contributed by atoms with Crippen LogP contribution in [-0.2, 0) is 19.5 Å². The highest BCUT2D eigenvalue weighted by atomic mass is 32.2. The number of esters is 1. The maximum absolute atomic E-state index is 12.7. The van der Waals surface area contributed by atoms with E-state index in [9.17, 15) is 13.2 Å². The van der Waals surface area contributed by atoms with E-state index in [2.05, 4.69) is 9.88 Å². The molecule has 3 aromatic rings. The van der Waals surface area contributed by atoms with Crippen molar-refractivity contribution in [1.82, 2.24) is 9.29 Å². The van der Waals surface area contributed by atoms with Gasteiger partial charge in [0.15, 0.2) is 5.13 Å². The molecule has 0 spiro atoms. The molecule has 1 aromatic heterocycles. The van der Waals surface area contributed by atoms with Crippen LogP contribution in [0.3, 0.4) is 0 Å². The Morgan fingerprint density at radius 3 is 2.55 bits per heavy atom. The molecule has 33 heavy (non-hydrogen) atoms. The van der Waals surface area contributed by atoms with Gasteiger partial charge in [0.25, 0.3) is 0 Å². The van der Waals surface area contributed by atoms with Gasteiger partial charge in [-0.2, -0.15) is 4.31 Å². The summed E-state index contributed by atoms with van der Waals surface area (Å²) in [7, 11) is -1.97. The molecule has 2 aromatic carbocycles. The Balaban J connectivity index is 1.19. The van der Waals surface area contributed by atoms with Crippen LogP contribution in [-0.4, -0.2) is 76.3 Å². The predicted octanol–water partition coefficient (Wildman–Crippen LogP) is 2.37. The van der Waals surface area contributed by atoms with Gasteiger partial charge in [-0.05, 0) is 36.4 Å². The van der Waals surface area contributed by atoms with Crippen molar-refractivity contribution in [2.75, 3.05) is 51.4 Å². The number of fused-ring (bicyclic) bond motifs is 1. The summed E-state index contributed by atoms with van der Waals surface area (Å²) >= 11 is 1.57. The van der Waals surface area contributed by atoms with E-state index in [4.69, 9.17) is 14.2 Å². The molecule has 0 amide bonds. The molecule has 0 saturated carbocycles. The maximum Gasteiger partial charge on any atom is 0.338 e. The zero-order chi connectivity index (χ0) is 23.0. The van der Waals surface area contributed by atoms with Gasteiger partial charge in [-0.15, -0.1) is 0 Å². The molecule has 2 fully saturated rings. The minimum atomic E-state index is -3.60. The highest BCUT2D eigenvalue weighted by Gasteiger charge is 2.33. The number of carbonyl (C=O) groups is 1. The number of methoxy groups -OCH3 is 1. The number of aromatic nitrogens is 1. The molecular formula is C22H23N3O6S2. The summed E-state index contributed by atoms with van der Waals surface area (Å²) in [4.78, 5) is 19.4. The first-order valence-electron chi connectivity index (χ1n) is 10.5. The van der Waals surface area contributed by atoms with E-state index < -0.39 is 16.0 Å². The number of para-hydroxylation sites is 1. The molecule has 0 unspecified atom stereocenters. The number of carbonyl (C=O) groups excluding carboxylic acids is 1. The lowest BCUT2D eigenvalue weighted by Gasteiger charge is -2.38. The first-order chi connectivity index (χ1) is 16.0. The number of nitrogens with zero attached hydrogens (tertiary/aromatic N) is 3. The second-order valence-electron chi connectivity index (χ2n) is 7.78. The number of sulfonamides is 1. The summed E-state index contributed by atoms with van der Waals surface area (Å²) in [6.45, 7) is 2.52. The van der Waals surface area contributed by atoms with Gasteiger partial charge in [0.05, 0.1) is 48.6 Å². The van der Waals surface area contributed by atoms with Crippen LogP contribution < -0.4 is 9.64 Å². The highest BCUT2D eigenvalue weighted by molar-refractivity contribution is 7.89. The number of benzene rings is 2. The number of rotatable bonds is 6. The molecule has 0 N–H and O–H groups in total. The average Bonchev–Trinajstić information content (AvgIpc) is 3.25. The number of thiazole rings is 1. The summed E-state index contributed by atoms with van der Waals surface area (Å²) in [5.74, 6) is 0.263. The molecule has 0 aliphatic carbocycles. The van der Waals surface area contributed by atoms with Crippen molar-refractivity contribution in [2.45, 2.75) is 11.0 Å². The third kappa shape index (κ3) is 4.29. The predicted molar refractivity (Wildman–Crippen MR) is 124 cm³/mol. The number of hydrogen-bond acceptors (Lipinski definition) is 9. The van der Waals surface area contributed by atoms with Crippen molar-refractivity contribution >= 4 is 42.7 Å². The molecule has 2 aliphatic rings. The van der Waals surface area contributed by atoms with Crippen molar-refractivity contribution in [2.24, 2.45) is 0 Å². The molecule has 5 rings (SSSR count). The van der Waals surface area contributed by atoms with Gasteiger partial charge in [-0.1, -0.05) is 17.4 Å². The molecule has 2 saturated heterocycles. The van der Waals surface area contributed by atoms with E-state index in [-0.39, 0.29) is 11.0 Å². The maximum atomic E-state index is 12.7. The molecule has 3 heterocycles. The topological polar surface area (TPSA) is 98.3 Å². The Morgan fingerprint density at radius 2 is 1.85 bits per heavy atom. The number of anilines is 1. The lowest BCUT2D eigenvalue weighted by atomic mass is 10.2. The van der Waals surface area contributed by atoms with Crippen LogP contribution in [0.5, 0.6) is 5.75 Å². The Bertz CT molecular complexity index is 1260. The van der Waals surface area contributed by atoms with Crippen molar-refractivity contribution in [1.29, 1.82) is 0 Å². The number of ether oxygens (including phenoxy) is 3. The fourth-order valence-corrected chi connectivity index (χ4v) is 6.21. The highest BCUT2D eigenvalue weighted by Crippen LogP contribution is 2.36. The normalized spacial score (nSPS) is 17.7. The summed E-state index contributed by atoms with van der Waals surface area (Å²) in [6.07, 6.45) is -0.247. The van der Waals surface area contributed by atoms with Gasteiger partial charge >= 0.3 is 5.97 Å². The van der Waals surface area contributed by atoms with E-state index in [1.54, 1.807) is 18.4 Å². The van der Waals surface area contributed by atoms with Gasteiger partial charge in [0.2, 0.25) is 10.0 Å². The smallest absolute Gasteiger partial charge is 0.338 e. The fraction of sp³-hybridized carbons (Fsp3) is 0.364. The van der Waals surface area contributed by atoms with Crippen LogP contribution in [0.1, 0.15) is 10.4 Å². The average molecular weight is 490 g/mol. The van der Waals surface area contributed by atoms with E-state index in [0.717, 1.165) is 21.1 Å². The first kappa shape index (κ1) is 22.1. The first-order valence-corrected chi connectivity index (χ1v) is 12.8. The number of morpholine rings is 1. The summed E-state index contributed by atoms with van der Waals surface area (Å²) in [6, 6.07) is 11.7. The van der Waals surface area contributed by atoms with Crippen LogP contribution in [0.4, 0.5) is 5.13 Å². The van der Waals surface area contributed by atoms with Crippen molar-refractivity contribution in [3.05, 3.63) is 48.0 Å². The molecule has 0 atom stereocenters. The summed E-state index contributed by atoms with van der Waals surface area (Å²) in [5, 5.41) is 0.861. The lowest BCUT2D eigenvalue weighted by Crippen LogP contribution is -2.53. The third-order valence-corrected chi connectivity index (χ3v) is 8.67. The Hall–Kier alpha value is -2.73. The summed E-state index contributed by atoms with van der Waals surface area (Å²) < 4.78 is 44.0. The van der Waals surface area contributed by atoms with Gasteiger partial charge in [0, 0.05) is 13.1 Å². The quantitative estimate of drug-likeness (QED) is 0.487. The molecule has 2 aliphatic heterocycles. The molecule has 174 valence electrons. The molecule has 0 bridgehead atoms. The zero-order valence-electron chi connectivity index (χ0n) is 18.0. The minimum Gasteiger partial charge on any atom is -0.494 e. The van der Waals surface area contributed by atoms with Crippen LogP contribution in [0.2, 0.25) is 0 Å². The monoisotopic (exact) mass is 489 g/mol. The van der Waals surface area contributed by atoms with Crippen LogP contribution in [0.15, 0.2) is 47.4 Å². The molecule has 9 nitrogen and oxygen atoms in total. The van der Waals surface area contributed by atoms with Crippen LogP contribution >= 0.6 is 11.3 Å². The largest absolute Gasteiger partial charge is 0.494 e. The van der Waals surface area contributed by atoms with Gasteiger partial charge in [0.1, 0.15) is 17.4 Å². The van der Waals surface area contributed by atoms with E-state index in [1.807, 2.05) is 18.2 Å². The van der Waals surface area contributed by atoms with Crippen LogP contribution in [0, 0.1) is 0 Å². The fourth-order valence-electron chi connectivity index (χ4n) is 3.80. The Labute approximate surface area is 195 Å². The Morgan fingerprint density at radius 1 is 1.12 bits per heavy atom. The van der Waals surface area contributed by atoms with E-state index in [1.165, 1.54) is 28.6 Å². The van der Waals surface area contributed by atoms with Crippen molar-refractivity contribution in [3.63, 3.8) is 0 Å². The second kappa shape index (κ2) is 8.90. The Kier molecular flexibility index (Phi) is 5.95. The second-order valence-corrected chi connectivity index (χ2v) is 10.7. The zero-order valence-corrected chi connectivity index (χ0v) is 19.6. The lowest BCUT2D eigenvalue weighted by molar-refractivity contribution is 0.0234. The van der Waals surface area contributed by atoms with Crippen molar-refractivity contribution < 1.29 is 27.4 Å². The standard InChI is InChI=1S/C22H23N3O6S2/c1-29-18-3-2-4-19-20(18)23-22(32-19)24-13-16(14-24)31-21(26)15-5-7-17(8-6-15)33(27,28)25-9-11-30-12-10-25/h2-8,16H,9-14H2,1H3. The van der Waals surface area contributed by atoms with Crippen molar-refractivity contribution in [3.8, 4) is 5.75 Å². The molecule has 11 heteroatoms. The minimum absolute atomic E-state index is 0.155.